The molecule has 1 heterocycles. The molecule has 0 aliphatic heterocycles. The first-order valence-electron chi connectivity index (χ1n) is 7.72. The van der Waals surface area contributed by atoms with E-state index in [2.05, 4.69) is 15.6 Å². The number of hydrogen-bond acceptors (Lipinski definition) is 3. The van der Waals surface area contributed by atoms with Gasteiger partial charge in [-0.1, -0.05) is 0 Å². The van der Waals surface area contributed by atoms with Crippen LogP contribution in [0.15, 0.2) is 18.2 Å². The molecule has 0 atom stereocenters. The first-order chi connectivity index (χ1) is 10.6. The number of rotatable bonds is 7. The van der Waals surface area contributed by atoms with Gasteiger partial charge in [-0.3, -0.25) is 4.79 Å². The number of fused-ring (bicyclic) bond motifs is 1. The first kappa shape index (κ1) is 15.0. The van der Waals surface area contributed by atoms with E-state index in [1.165, 1.54) is 25.0 Å². The lowest BCUT2D eigenvalue weighted by Crippen LogP contribution is -2.35. The standard InChI is InChI=1S/C16H21FN4O/c1-21-14-8-12(17)4-5-13(14)20-15(21)6-7-19-16(22)10-18-9-11-2-3-11/h4-5,8,11,18H,2-3,6-7,9-10H2,1H3,(H,19,22). The van der Waals surface area contributed by atoms with Crippen molar-refractivity contribution < 1.29 is 9.18 Å². The molecule has 1 aromatic carbocycles. The molecular formula is C16H21FN4O. The van der Waals surface area contributed by atoms with Crippen molar-refractivity contribution in [2.75, 3.05) is 19.6 Å². The highest BCUT2D eigenvalue weighted by atomic mass is 19.1. The van der Waals surface area contributed by atoms with Crippen LogP contribution < -0.4 is 10.6 Å². The molecule has 0 unspecified atom stereocenters. The fraction of sp³-hybridized carbons (Fsp3) is 0.500. The lowest BCUT2D eigenvalue weighted by molar-refractivity contribution is -0.120. The molecule has 1 aromatic heterocycles. The maximum atomic E-state index is 13.3. The Hall–Kier alpha value is -1.95. The maximum Gasteiger partial charge on any atom is 0.233 e. The van der Waals surface area contributed by atoms with Gasteiger partial charge in [-0.25, -0.2) is 9.37 Å². The lowest BCUT2D eigenvalue weighted by atomic mass is 10.3. The van der Waals surface area contributed by atoms with Crippen LogP contribution in [0.4, 0.5) is 4.39 Å². The van der Waals surface area contributed by atoms with E-state index in [0.717, 1.165) is 29.3 Å². The average Bonchev–Trinajstić information content (AvgIpc) is 3.26. The monoisotopic (exact) mass is 304 g/mol. The lowest BCUT2D eigenvalue weighted by Gasteiger charge is -2.06. The van der Waals surface area contributed by atoms with Crippen molar-refractivity contribution in [2.45, 2.75) is 19.3 Å². The summed E-state index contributed by atoms with van der Waals surface area (Å²) in [5.74, 6) is 1.35. The number of imidazole rings is 1. The third-order valence-electron chi connectivity index (χ3n) is 4.02. The second-order valence-corrected chi connectivity index (χ2v) is 5.89. The molecule has 0 saturated heterocycles. The highest BCUT2D eigenvalue weighted by Crippen LogP contribution is 2.27. The Labute approximate surface area is 128 Å². The molecule has 5 nitrogen and oxygen atoms in total. The average molecular weight is 304 g/mol. The molecule has 0 radical (unpaired) electrons. The number of amides is 1. The number of halogens is 1. The van der Waals surface area contributed by atoms with Crippen LogP contribution in [0.1, 0.15) is 18.7 Å². The number of carbonyl (C=O) groups is 1. The Morgan fingerprint density at radius 1 is 1.45 bits per heavy atom. The smallest absolute Gasteiger partial charge is 0.233 e. The van der Waals surface area contributed by atoms with Crippen molar-refractivity contribution in [2.24, 2.45) is 13.0 Å². The molecule has 1 aliphatic carbocycles. The van der Waals surface area contributed by atoms with Crippen molar-refractivity contribution >= 4 is 16.9 Å². The van der Waals surface area contributed by atoms with Gasteiger partial charge in [0.25, 0.3) is 0 Å². The van der Waals surface area contributed by atoms with Crippen molar-refractivity contribution in [1.82, 2.24) is 20.2 Å². The summed E-state index contributed by atoms with van der Waals surface area (Å²) in [5, 5.41) is 6.04. The van der Waals surface area contributed by atoms with Gasteiger partial charge in [-0.05, 0) is 43.5 Å². The SMILES string of the molecule is Cn1c(CCNC(=O)CNCC2CC2)nc2ccc(F)cc21. The largest absolute Gasteiger partial charge is 0.355 e. The van der Waals surface area contributed by atoms with Gasteiger partial charge in [0.15, 0.2) is 0 Å². The van der Waals surface area contributed by atoms with Gasteiger partial charge in [-0.2, -0.15) is 0 Å². The molecule has 0 spiro atoms. The van der Waals surface area contributed by atoms with Gasteiger partial charge >= 0.3 is 0 Å². The van der Waals surface area contributed by atoms with Crippen LogP contribution in [0.3, 0.4) is 0 Å². The third-order valence-corrected chi connectivity index (χ3v) is 4.02. The molecule has 118 valence electrons. The topological polar surface area (TPSA) is 59.0 Å². The van der Waals surface area contributed by atoms with E-state index < -0.39 is 0 Å². The number of nitrogens with zero attached hydrogens (tertiary/aromatic N) is 2. The fourth-order valence-electron chi connectivity index (χ4n) is 2.52. The minimum absolute atomic E-state index is 0.00505. The van der Waals surface area contributed by atoms with Crippen LogP contribution in [-0.4, -0.2) is 35.1 Å². The zero-order chi connectivity index (χ0) is 15.5. The molecule has 3 rings (SSSR count). The third kappa shape index (κ3) is 3.62. The van der Waals surface area contributed by atoms with E-state index in [1.54, 1.807) is 6.07 Å². The number of aromatic nitrogens is 2. The van der Waals surface area contributed by atoms with Crippen molar-refractivity contribution in [3.05, 3.63) is 29.8 Å². The van der Waals surface area contributed by atoms with Gasteiger partial charge in [0, 0.05) is 20.0 Å². The van der Waals surface area contributed by atoms with E-state index in [1.807, 2.05) is 11.6 Å². The number of benzene rings is 1. The van der Waals surface area contributed by atoms with Crippen LogP contribution >= 0.6 is 0 Å². The van der Waals surface area contributed by atoms with Crippen molar-refractivity contribution in [3.8, 4) is 0 Å². The number of aryl methyl sites for hydroxylation is 1. The van der Waals surface area contributed by atoms with Crippen LogP contribution in [0.2, 0.25) is 0 Å². The normalized spacial score (nSPS) is 14.5. The minimum atomic E-state index is -0.267. The highest BCUT2D eigenvalue weighted by Gasteiger charge is 2.20. The predicted molar refractivity (Wildman–Crippen MR) is 83.0 cm³/mol. The molecule has 22 heavy (non-hydrogen) atoms. The summed E-state index contributed by atoms with van der Waals surface area (Å²) in [7, 11) is 1.86. The van der Waals surface area contributed by atoms with Crippen LogP contribution in [-0.2, 0) is 18.3 Å². The molecule has 6 heteroatoms. The Balaban J connectivity index is 1.48. The first-order valence-corrected chi connectivity index (χ1v) is 7.72. The van der Waals surface area contributed by atoms with E-state index in [-0.39, 0.29) is 11.7 Å². The predicted octanol–water partition coefficient (Wildman–Crippen LogP) is 1.37. The van der Waals surface area contributed by atoms with Gasteiger partial charge in [-0.15, -0.1) is 0 Å². The van der Waals surface area contributed by atoms with Gasteiger partial charge in [0.1, 0.15) is 11.6 Å². The van der Waals surface area contributed by atoms with Gasteiger partial charge in [0.2, 0.25) is 5.91 Å². The molecule has 1 amide bonds. The second kappa shape index (κ2) is 6.44. The minimum Gasteiger partial charge on any atom is -0.355 e. The quantitative estimate of drug-likeness (QED) is 0.812. The second-order valence-electron chi connectivity index (χ2n) is 5.89. The molecular weight excluding hydrogens is 283 g/mol. The van der Waals surface area contributed by atoms with E-state index in [4.69, 9.17) is 0 Å². The van der Waals surface area contributed by atoms with Crippen LogP contribution in [0, 0.1) is 11.7 Å². The number of nitrogens with one attached hydrogen (secondary N) is 2. The highest BCUT2D eigenvalue weighted by molar-refractivity contribution is 5.78. The van der Waals surface area contributed by atoms with Crippen molar-refractivity contribution in [3.63, 3.8) is 0 Å². The van der Waals surface area contributed by atoms with Crippen LogP contribution in [0.25, 0.3) is 11.0 Å². The summed E-state index contributed by atoms with van der Waals surface area (Å²) in [4.78, 5) is 16.2. The molecule has 2 aromatic rings. The summed E-state index contributed by atoms with van der Waals surface area (Å²) in [6, 6.07) is 4.56. The molecule has 1 fully saturated rings. The summed E-state index contributed by atoms with van der Waals surface area (Å²) in [5.41, 5.74) is 1.55. The zero-order valence-electron chi connectivity index (χ0n) is 12.7. The van der Waals surface area contributed by atoms with Crippen molar-refractivity contribution in [1.29, 1.82) is 0 Å². The maximum absolute atomic E-state index is 13.3. The Morgan fingerprint density at radius 3 is 3.05 bits per heavy atom. The van der Waals surface area contributed by atoms with E-state index in [0.29, 0.717) is 19.5 Å². The molecule has 2 N–H and O–H groups in total. The molecule has 1 aliphatic rings. The van der Waals surface area contributed by atoms with Gasteiger partial charge < -0.3 is 15.2 Å². The summed E-state index contributed by atoms with van der Waals surface area (Å²) >= 11 is 0. The molecule has 0 bridgehead atoms. The Bertz CT molecular complexity index is 678. The molecule has 1 saturated carbocycles. The van der Waals surface area contributed by atoms with E-state index in [9.17, 15) is 9.18 Å². The zero-order valence-corrected chi connectivity index (χ0v) is 12.7. The van der Waals surface area contributed by atoms with Gasteiger partial charge in [0.05, 0.1) is 17.6 Å². The number of hydrogen-bond donors (Lipinski definition) is 2. The Morgan fingerprint density at radius 2 is 2.27 bits per heavy atom. The summed E-state index contributed by atoms with van der Waals surface area (Å²) < 4.78 is 15.1. The van der Waals surface area contributed by atoms with E-state index >= 15 is 0 Å². The van der Waals surface area contributed by atoms with Crippen LogP contribution in [0.5, 0.6) is 0 Å². The Kier molecular flexibility index (Phi) is 4.38. The fourth-order valence-corrected chi connectivity index (χ4v) is 2.52. The number of carbonyl (C=O) groups excluding carboxylic acids is 1. The summed E-state index contributed by atoms with van der Waals surface area (Å²) in [6.45, 7) is 1.83. The summed E-state index contributed by atoms with van der Waals surface area (Å²) in [6.07, 6.45) is 3.19.